The molecule has 1 N–H and O–H groups in total. The Balaban J connectivity index is 1.64. The molecular formula is C21H16N6O2S. The van der Waals surface area contributed by atoms with E-state index in [-0.39, 0.29) is 11.2 Å². The van der Waals surface area contributed by atoms with Crippen LogP contribution in [0, 0.1) is 18.3 Å². The van der Waals surface area contributed by atoms with E-state index in [1.807, 2.05) is 30.3 Å². The summed E-state index contributed by atoms with van der Waals surface area (Å²) in [7, 11) is 1.62. The number of azo groups is 1. The summed E-state index contributed by atoms with van der Waals surface area (Å²) < 4.78 is 6.54. The minimum atomic E-state index is -0.344. The van der Waals surface area contributed by atoms with Crippen molar-refractivity contribution < 1.29 is 4.74 Å². The lowest BCUT2D eigenvalue weighted by Gasteiger charge is -2.00. The molecule has 0 amide bonds. The van der Waals surface area contributed by atoms with E-state index in [1.165, 1.54) is 16.0 Å². The number of ether oxygens (including phenoxy) is 1. The lowest BCUT2D eigenvalue weighted by atomic mass is 10.2. The first-order valence-corrected chi connectivity index (χ1v) is 9.75. The zero-order chi connectivity index (χ0) is 21.1. The minimum absolute atomic E-state index is 0.193. The molecule has 0 radical (unpaired) electrons. The molecule has 0 spiro atoms. The third kappa shape index (κ3) is 3.76. The fraction of sp³-hybridized carbons (Fsp3) is 0.0952. The monoisotopic (exact) mass is 416 g/mol. The number of aromatic amines is 1. The van der Waals surface area contributed by atoms with Gasteiger partial charge in [-0.1, -0.05) is 17.4 Å². The first-order chi connectivity index (χ1) is 14.6. The number of hydrogen-bond donors (Lipinski definition) is 1. The lowest BCUT2D eigenvalue weighted by Crippen LogP contribution is -2.13. The molecule has 0 aliphatic carbocycles. The van der Waals surface area contributed by atoms with E-state index >= 15 is 0 Å². The molecule has 4 aromatic rings. The standard InChI is InChI=1S/C21H16N6O2S/c1-13-19(25-24-16-5-3-4-14(10-16)11-22)20(28)27(26-13)21-23-12-18(30-21)15-6-8-17(29-2)9-7-15/h3-10,12,26H,1-2H3. The number of nitrogens with zero attached hydrogens (tertiary/aromatic N) is 5. The molecule has 0 bridgehead atoms. The second-order valence-corrected chi connectivity index (χ2v) is 7.33. The Morgan fingerprint density at radius 3 is 2.73 bits per heavy atom. The zero-order valence-electron chi connectivity index (χ0n) is 16.2. The van der Waals surface area contributed by atoms with Crippen LogP contribution in [0.5, 0.6) is 5.75 Å². The van der Waals surface area contributed by atoms with Crippen LogP contribution in [0.1, 0.15) is 11.3 Å². The maximum atomic E-state index is 12.8. The van der Waals surface area contributed by atoms with E-state index in [2.05, 4.69) is 20.3 Å². The Labute approximate surface area is 175 Å². The van der Waals surface area contributed by atoms with Gasteiger partial charge in [-0.2, -0.15) is 15.1 Å². The number of hydrogen-bond acceptors (Lipinski definition) is 7. The fourth-order valence-corrected chi connectivity index (χ4v) is 3.67. The summed E-state index contributed by atoms with van der Waals surface area (Å²) >= 11 is 1.38. The van der Waals surface area contributed by atoms with Gasteiger partial charge in [0.1, 0.15) is 5.75 Å². The second kappa shape index (κ2) is 8.14. The molecule has 0 fully saturated rings. The summed E-state index contributed by atoms with van der Waals surface area (Å²) in [6.07, 6.45) is 1.72. The quantitative estimate of drug-likeness (QED) is 0.467. The van der Waals surface area contributed by atoms with Gasteiger partial charge in [-0.25, -0.2) is 4.98 Å². The van der Waals surface area contributed by atoms with E-state index in [4.69, 9.17) is 10.00 Å². The van der Waals surface area contributed by atoms with Crippen LogP contribution in [0.25, 0.3) is 15.6 Å². The fourth-order valence-electron chi connectivity index (χ4n) is 2.79. The number of nitrogens with one attached hydrogen (secondary N) is 1. The van der Waals surface area contributed by atoms with Crippen molar-refractivity contribution in [2.24, 2.45) is 10.2 Å². The van der Waals surface area contributed by atoms with Crippen molar-refractivity contribution in [2.75, 3.05) is 7.11 Å². The maximum Gasteiger partial charge on any atom is 0.301 e. The van der Waals surface area contributed by atoms with Gasteiger partial charge in [0.25, 0.3) is 0 Å². The Kier molecular flexibility index (Phi) is 5.24. The van der Waals surface area contributed by atoms with Gasteiger partial charge in [-0.3, -0.25) is 9.89 Å². The van der Waals surface area contributed by atoms with Crippen LogP contribution in [0.2, 0.25) is 0 Å². The van der Waals surface area contributed by atoms with Gasteiger partial charge in [-0.15, -0.1) is 5.11 Å². The predicted molar refractivity (Wildman–Crippen MR) is 114 cm³/mol. The zero-order valence-corrected chi connectivity index (χ0v) is 17.0. The van der Waals surface area contributed by atoms with Crippen molar-refractivity contribution in [1.82, 2.24) is 14.8 Å². The van der Waals surface area contributed by atoms with Crippen LogP contribution in [-0.2, 0) is 0 Å². The number of benzene rings is 2. The van der Waals surface area contributed by atoms with Gasteiger partial charge in [-0.05, 0) is 55.0 Å². The number of aryl methyl sites for hydroxylation is 1. The minimum Gasteiger partial charge on any atom is -0.497 e. The first-order valence-electron chi connectivity index (χ1n) is 8.93. The average molecular weight is 416 g/mol. The van der Waals surface area contributed by atoms with Crippen molar-refractivity contribution in [3.63, 3.8) is 0 Å². The van der Waals surface area contributed by atoms with E-state index in [0.717, 1.165) is 16.2 Å². The van der Waals surface area contributed by atoms with Gasteiger partial charge >= 0.3 is 5.56 Å². The number of thiazole rings is 1. The molecule has 2 aromatic heterocycles. The molecule has 2 heterocycles. The van der Waals surface area contributed by atoms with E-state index in [1.54, 1.807) is 44.5 Å². The molecule has 148 valence electrons. The van der Waals surface area contributed by atoms with Crippen molar-refractivity contribution in [3.8, 4) is 27.4 Å². The molecule has 4 rings (SSSR count). The highest BCUT2D eigenvalue weighted by atomic mass is 32.1. The van der Waals surface area contributed by atoms with Gasteiger partial charge in [0.15, 0.2) is 5.69 Å². The smallest absolute Gasteiger partial charge is 0.301 e. The molecule has 0 unspecified atom stereocenters. The normalized spacial score (nSPS) is 11.0. The van der Waals surface area contributed by atoms with Crippen molar-refractivity contribution >= 4 is 22.7 Å². The Morgan fingerprint density at radius 2 is 2.00 bits per heavy atom. The molecule has 30 heavy (non-hydrogen) atoms. The predicted octanol–water partition coefficient (Wildman–Crippen LogP) is 4.89. The molecule has 0 aliphatic heterocycles. The topological polar surface area (TPSA) is 108 Å². The average Bonchev–Trinajstić information content (AvgIpc) is 3.37. The largest absolute Gasteiger partial charge is 0.497 e. The third-order valence-electron chi connectivity index (χ3n) is 4.34. The molecule has 0 aliphatic rings. The first kappa shape index (κ1) is 19.3. The highest BCUT2D eigenvalue weighted by Gasteiger charge is 2.15. The number of nitriles is 1. The highest BCUT2D eigenvalue weighted by molar-refractivity contribution is 7.17. The summed E-state index contributed by atoms with van der Waals surface area (Å²) in [6, 6.07) is 16.4. The third-order valence-corrected chi connectivity index (χ3v) is 5.37. The molecule has 2 aromatic carbocycles. The van der Waals surface area contributed by atoms with Crippen LogP contribution in [0.4, 0.5) is 11.4 Å². The van der Waals surface area contributed by atoms with Gasteiger partial charge in [0.05, 0.1) is 35.0 Å². The van der Waals surface area contributed by atoms with E-state index < -0.39 is 0 Å². The maximum absolute atomic E-state index is 12.8. The second-order valence-electron chi connectivity index (χ2n) is 6.32. The molecule has 8 nitrogen and oxygen atoms in total. The van der Waals surface area contributed by atoms with Crippen LogP contribution >= 0.6 is 11.3 Å². The highest BCUT2D eigenvalue weighted by Crippen LogP contribution is 2.29. The number of H-pyrrole nitrogens is 1. The van der Waals surface area contributed by atoms with Gasteiger partial charge in [0, 0.05) is 6.20 Å². The summed E-state index contributed by atoms with van der Waals surface area (Å²) in [5.74, 6) is 0.773. The van der Waals surface area contributed by atoms with Crippen LogP contribution in [0.15, 0.2) is 69.8 Å². The Morgan fingerprint density at radius 1 is 1.20 bits per heavy atom. The Hall–Kier alpha value is -4.03. The van der Waals surface area contributed by atoms with Gasteiger partial charge in [0.2, 0.25) is 5.13 Å². The van der Waals surface area contributed by atoms with Crippen LogP contribution < -0.4 is 10.3 Å². The summed E-state index contributed by atoms with van der Waals surface area (Å²) in [5, 5.41) is 20.7. The van der Waals surface area contributed by atoms with E-state index in [0.29, 0.717) is 22.1 Å². The molecule has 0 saturated carbocycles. The summed E-state index contributed by atoms with van der Waals surface area (Å²) in [4.78, 5) is 18.1. The molecule has 9 heteroatoms. The Bertz CT molecular complexity index is 1320. The lowest BCUT2D eigenvalue weighted by molar-refractivity contribution is 0.415. The number of rotatable bonds is 5. The molecular weight excluding hydrogens is 400 g/mol. The number of aromatic nitrogens is 3. The summed E-state index contributed by atoms with van der Waals surface area (Å²) in [6.45, 7) is 1.75. The van der Waals surface area contributed by atoms with Gasteiger partial charge < -0.3 is 4.74 Å². The van der Waals surface area contributed by atoms with E-state index in [9.17, 15) is 4.79 Å². The molecule has 0 saturated heterocycles. The van der Waals surface area contributed by atoms with Crippen LogP contribution in [0.3, 0.4) is 0 Å². The number of methoxy groups -OCH3 is 1. The van der Waals surface area contributed by atoms with Crippen LogP contribution in [-0.4, -0.2) is 21.9 Å². The SMILES string of the molecule is COc1ccc(-c2cnc(-n3[nH]c(C)c(N=Nc4cccc(C#N)c4)c3=O)s2)cc1. The van der Waals surface area contributed by atoms with Crippen molar-refractivity contribution in [3.05, 3.63) is 76.3 Å². The van der Waals surface area contributed by atoms with Crippen molar-refractivity contribution in [1.29, 1.82) is 5.26 Å². The molecule has 0 atom stereocenters. The summed E-state index contributed by atoms with van der Waals surface area (Å²) in [5.41, 5.74) is 2.37. The van der Waals surface area contributed by atoms with Crippen molar-refractivity contribution in [2.45, 2.75) is 6.92 Å².